The molecule has 74 valence electrons. The molecule has 2 rings (SSSR count). The summed E-state index contributed by atoms with van der Waals surface area (Å²) < 4.78 is 11.3. The van der Waals surface area contributed by atoms with E-state index in [0.29, 0.717) is 0 Å². The van der Waals surface area contributed by atoms with E-state index in [2.05, 4.69) is 27.9 Å². The monoisotopic (exact) mass is 303 g/mol. The topological polar surface area (TPSA) is 38.3 Å². The van der Waals surface area contributed by atoms with Crippen LogP contribution in [0.2, 0.25) is 0 Å². The lowest BCUT2D eigenvalue weighted by atomic mass is 10.3. The molecule has 0 aliphatic heterocycles. The van der Waals surface area contributed by atoms with Gasteiger partial charge in [-0.1, -0.05) is 0 Å². The first-order valence-electron chi connectivity index (χ1n) is 4.30. The minimum absolute atomic E-state index is 0.744. The van der Waals surface area contributed by atoms with Crippen LogP contribution in [0.25, 0.3) is 0 Å². The quantitative estimate of drug-likeness (QED) is 0.883. The molecule has 0 amide bonds. The first-order valence-corrected chi connectivity index (χ1v) is 5.38. The second-order valence-corrected chi connectivity index (χ2v) is 4.00. The molecule has 0 bridgehead atoms. The van der Waals surface area contributed by atoms with Crippen molar-refractivity contribution < 1.29 is 8.83 Å². The largest absolute Gasteiger partial charge is 0.472 e. The van der Waals surface area contributed by atoms with E-state index in [4.69, 9.17) is 8.83 Å². The Labute approximate surface area is 95.6 Å². The number of halogens is 1. The third-order valence-corrected chi connectivity index (χ3v) is 2.42. The maximum Gasteiger partial charge on any atom is 0.164 e. The highest BCUT2D eigenvalue weighted by Gasteiger charge is 1.99. The molecule has 0 aliphatic rings. The third kappa shape index (κ3) is 2.62. The summed E-state index contributed by atoms with van der Waals surface area (Å²) in [5.74, 6) is 0.956. The van der Waals surface area contributed by atoms with Gasteiger partial charge in [0.2, 0.25) is 0 Å². The van der Waals surface area contributed by atoms with Crippen molar-refractivity contribution in [3.05, 3.63) is 45.8 Å². The van der Waals surface area contributed by atoms with Crippen LogP contribution in [-0.2, 0) is 13.1 Å². The van der Waals surface area contributed by atoms with Crippen molar-refractivity contribution in [2.75, 3.05) is 0 Å². The molecule has 2 heterocycles. The minimum atomic E-state index is 0.744. The van der Waals surface area contributed by atoms with Crippen molar-refractivity contribution >= 4 is 22.6 Å². The van der Waals surface area contributed by atoms with Crippen LogP contribution in [0.4, 0.5) is 0 Å². The van der Waals surface area contributed by atoms with Gasteiger partial charge in [-0.25, -0.2) is 0 Å². The molecule has 0 unspecified atom stereocenters. The van der Waals surface area contributed by atoms with Gasteiger partial charge in [0, 0.05) is 12.1 Å². The fourth-order valence-corrected chi connectivity index (χ4v) is 1.63. The highest BCUT2D eigenvalue weighted by molar-refractivity contribution is 14.1. The predicted octanol–water partition coefficient (Wildman–Crippen LogP) is 2.77. The molecule has 1 N–H and O–H groups in total. The van der Waals surface area contributed by atoms with E-state index in [0.717, 1.165) is 28.2 Å². The lowest BCUT2D eigenvalue weighted by Crippen LogP contribution is -2.11. The summed E-state index contributed by atoms with van der Waals surface area (Å²) in [6, 6.07) is 5.87. The van der Waals surface area contributed by atoms with E-state index in [1.807, 2.05) is 18.2 Å². The average Bonchev–Trinajstić information content (AvgIpc) is 2.77. The minimum Gasteiger partial charge on any atom is -0.472 e. The van der Waals surface area contributed by atoms with Crippen LogP contribution in [0.15, 0.2) is 39.6 Å². The van der Waals surface area contributed by atoms with E-state index in [1.54, 1.807) is 12.5 Å². The molecule has 0 atom stereocenters. The second-order valence-electron chi connectivity index (χ2n) is 2.94. The van der Waals surface area contributed by atoms with Gasteiger partial charge in [-0.3, -0.25) is 0 Å². The normalized spacial score (nSPS) is 10.6. The maximum atomic E-state index is 5.40. The standard InChI is InChI=1S/C10H10INO2/c11-10-2-1-9(14-10)6-12-5-8-3-4-13-7-8/h1-4,7,12H,5-6H2. The second kappa shape index (κ2) is 4.65. The average molecular weight is 303 g/mol. The highest BCUT2D eigenvalue weighted by Crippen LogP contribution is 2.09. The zero-order valence-electron chi connectivity index (χ0n) is 7.50. The number of nitrogens with one attached hydrogen (secondary N) is 1. The smallest absolute Gasteiger partial charge is 0.164 e. The summed E-state index contributed by atoms with van der Waals surface area (Å²) in [6.45, 7) is 1.54. The van der Waals surface area contributed by atoms with E-state index >= 15 is 0 Å². The molecule has 0 aliphatic carbocycles. The van der Waals surface area contributed by atoms with Crippen LogP contribution in [0.1, 0.15) is 11.3 Å². The molecule has 0 aromatic carbocycles. The molecular formula is C10H10INO2. The van der Waals surface area contributed by atoms with Crippen LogP contribution in [0.3, 0.4) is 0 Å². The molecule has 14 heavy (non-hydrogen) atoms. The molecule has 0 radical (unpaired) electrons. The Hall–Kier alpha value is -0.750. The van der Waals surface area contributed by atoms with Gasteiger partial charge in [-0.2, -0.15) is 0 Å². The van der Waals surface area contributed by atoms with Crippen molar-refractivity contribution in [1.29, 1.82) is 0 Å². The molecule has 3 nitrogen and oxygen atoms in total. The molecule has 4 heteroatoms. The zero-order chi connectivity index (χ0) is 9.80. The lowest BCUT2D eigenvalue weighted by molar-refractivity contribution is 0.462. The summed E-state index contributed by atoms with van der Waals surface area (Å²) in [5.41, 5.74) is 1.14. The number of furan rings is 2. The van der Waals surface area contributed by atoms with Crippen LogP contribution in [0.5, 0.6) is 0 Å². The number of hydrogen-bond acceptors (Lipinski definition) is 3. The van der Waals surface area contributed by atoms with E-state index in [9.17, 15) is 0 Å². The van der Waals surface area contributed by atoms with Crippen LogP contribution in [0, 0.1) is 3.77 Å². The highest BCUT2D eigenvalue weighted by atomic mass is 127. The van der Waals surface area contributed by atoms with Crippen LogP contribution in [-0.4, -0.2) is 0 Å². The van der Waals surface area contributed by atoms with Gasteiger partial charge >= 0.3 is 0 Å². The van der Waals surface area contributed by atoms with Gasteiger partial charge in [0.15, 0.2) is 3.77 Å². The van der Waals surface area contributed by atoms with Crippen molar-refractivity contribution in [1.82, 2.24) is 5.32 Å². The number of rotatable bonds is 4. The summed E-state index contributed by atoms with van der Waals surface area (Å²) >= 11 is 2.15. The molecular weight excluding hydrogens is 293 g/mol. The molecule has 2 aromatic heterocycles. The molecule has 2 aromatic rings. The first-order chi connectivity index (χ1) is 6.84. The zero-order valence-corrected chi connectivity index (χ0v) is 9.65. The van der Waals surface area contributed by atoms with Gasteiger partial charge in [0.1, 0.15) is 5.76 Å². The Balaban J connectivity index is 1.78. The molecule has 0 saturated heterocycles. The predicted molar refractivity (Wildman–Crippen MR) is 60.7 cm³/mol. The number of hydrogen-bond donors (Lipinski definition) is 1. The van der Waals surface area contributed by atoms with E-state index in [-0.39, 0.29) is 0 Å². The van der Waals surface area contributed by atoms with Gasteiger partial charge in [0.05, 0.1) is 19.1 Å². The Morgan fingerprint density at radius 3 is 2.79 bits per heavy atom. The SMILES string of the molecule is Ic1ccc(CNCc2ccoc2)o1. The Morgan fingerprint density at radius 1 is 1.21 bits per heavy atom. The summed E-state index contributed by atoms with van der Waals surface area (Å²) in [4.78, 5) is 0. The molecule has 0 spiro atoms. The van der Waals surface area contributed by atoms with Crippen LogP contribution < -0.4 is 5.32 Å². The van der Waals surface area contributed by atoms with Crippen molar-refractivity contribution in [3.63, 3.8) is 0 Å². The molecule has 0 saturated carbocycles. The fraction of sp³-hybridized carbons (Fsp3) is 0.200. The fourth-order valence-electron chi connectivity index (χ4n) is 1.17. The van der Waals surface area contributed by atoms with Gasteiger partial charge < -0.3 is 14.2 Å². The van der Waals surface area contributed by atoms with E-state index in [1.165, 1.54) is 0 Å². The van der Waals surface area contributed by atoms with Gasteiger partial charge in [0.25, 0.3) is 0 Å². The Morgan fingerprint density at radius 2 is 2.14 bits per heavy atom. The third-order valence-electron chi connectivity index (χ3n) is 1.84. The van der Waals surface area contributed by atoms with Crippen molar-refractivity contribution in [3.8, 4) is 0 Å². The van der Waals surface area contributed by atoms with E-state index < -0.39 is 0 Å². The summed E-state index contributed by atoms with van der Waals surface area (Å²) in [7, 11) is 0. The Kier molecular flexibility index (Phi) is 3.26. The van der Waals surface area contributed by atoms with Gasteiger partial charge in [-0.15, -0.1) is 0 Å². The first kappa shape index (κ1) is 9.79. The molecule has 0 fully saturated rings. The lowest BCUT2D eigenvalue weighted by Gasteiger charge is -1.98. The summed E-state index contributed by atoms with van der Waals surface area (Å²) in [5, 5.41) is 3.26. The Bertz CT molecular complexity index is 380. The van der Waals surface area contributed by atoms with Crippen LogP contribution >= 0.6 is 22.6 Å². The summed E-state index contributed by atoms with van der Waals surface area (Å²) in [6.07, 6.45) is 3.41. The van der Waals surface area contributed by atoms with Crippen molar-refractivity contribution in [2.24, 2.45) is 0 Å². The maximum absolute atomic E-state index is 5.40. The van der Waals surface area contributed by atoms with Crippen molar-refractivity contribution in [2.45, 2.75) is 13.1 Å². The van der Waals surface area contributed by atoms with Gasteiger partial charge in [-0.05, 0) is 40.8 Å².